The van der Waals surface area contributed by atoms with Crippen LogP contribution in [0.15, 0.2) is 48.5 Å². The number of hydrogen-bond acceptors (Lipinski definition) is 3. The first-order chi connectivity index (χ1) is 9.18. The number of benzene rings is 2. The number of fused-ring (bicyclic) bond motifs is 3. The number of para-hydroxylation sites is 1. The van der Waals surface area contributed by atoms with Crippen LogP contribution in [0.5, 0.6) is 5.75 Å². The fourth-order valence-corrected chi connectivity index (χ4v) is 2.38. The highest BCUT2D eigenvalue weighted by Crippen LogP contribution is 2.42. The number of hydrogen-bond donors (Lipinski definition) is 2. The topological polar surface area (TPSA) is 72.6 Å². The van der Waals surface area contributed by atoms with Gasteiger partial charge >= 0.3 is 5.97 Å². The van der Waals surface area contributed by atoms with Gasteiger partial charge in [0.05, 0.1) is 0 Å². The molecule has 2 aromatic carbocycles. The van der Waals surface area contributed by atoms with Crippen molar-refractivity contribution in [3.63, 3.8) is 0 Å². The Balaban J connectivity index is 2.17. The molecule has 1 heterocycles. The minimum absolute atomic E-state index is 0.663. The van der Waals surface area contributed by atoms with Crippen molar-refractivity contribution in [3.05, 3.63) is 54.1 Å². The minimum Gasteiger partial charge on any atom is -0.483 e. The fraction of sp³-hybridized carbons (Fsp3) is 0.133. The van der Waals surface area contributed by atoms with Crippen LogP contribution in [0.1, 0.15) is 11.7 Å². The van der Waals surface area contributed by atoms with Gasteiger partial charge in [0.2, 0.25) is 0 Å². The van der Waals surface area contributed by atoms with E-state index in [2.05, 4.69) is 0 Å². The molecule has 0 aliphatic carbocycles. The first-order valence-electron chi connectivity index (χ1n) is 6.02. The lowest BCUT2D eigenvalue weighted by atomic mass is 9.90. The second-order valence-electron chi connectivity index (χ2n) is 4.49. The van der Waals surface area contributed by atoms with Gasteiger partial charge in [0.15, 0.2) is 6.10 Å². The van der Waals surface area contributed by atoms with Crippen molar-refractivity contribution in [1.82, 2.24) is 0 Å². The number of aliphatic carboxylic acids is 1. The number of carboxylic acids is 1. The summed E-state index contributed by atoms with van der Waals surface area (Å²) in [6, 6.07) is 14.1. The van der Waals surface area contributed by atoms with E-state index in [0.29, 0.717) is 5.75 Å². The maximum atomic E-state index is 11.1. The molecule has 2 aromatic rings. The molecule has 0 bridgehead atoms. The van der Waals surface area contributed by atoms with Gasteiger partial charge < -0.3 is 15.6 Å². The number of carboxylic acid groups (broad SMARTS) is 1. The Bertz CT molecular complexity index is 639. The molecule has 4 nitrogen and oxygen atoms in total. The van der Waals surface area contributed by atoms with E-state index in [4.69, 9.17) is 15.6 Å². The van der Waals surface area contributed by atoms with E-state index in [1.807, 2.05) is 48.5 Å². The van der Waals surface area contributed by atoms with Gasteiger partial charge in [-0.25, -0.2) is 0 Å². The Hall–Kier alpha value is -2.33. The van der Waals surface area contributed by atoms with Crippen LogP contribution in [-0.4, -0.2) is 17.1 Å². The maximum Gasteiger partial charge on any atom is 0.324 e. The first-order valence-corrected chi connectivity index (χ1v) is 6.02. The van der Waals surface area contributed by atoms with E-state index in [1.54, 1.807) is 0 Å². The maximum absolute atomic E-state index is 11.1. The average molecular weight is 255 g/mol. The molecular weight excluding hydrogens is 242 g/mol. The number of nitrogens with two attached hydrogens (primary N) is 1. The second kappa shape index (κ2) is 4.40. The summed E-state index contributed by atoms with van der Waals surface area (Å²) in [6.07, 6.45) is -0.663. The molecule has 2 atom stereocenters. The molecule has 0 fully saturated rings. The summed E-state index contributed by atoms with van der Waals surface area (Å²) >= 11 is 0. The summed E-state index contributed by atoms with van der Waals surface area (Å²) in [5.74, 6) is -0.401. The molecular formula is C15H13NO3. The number of ether oxygens (including phenoxy) is 1. The van der Waals surface area contributed by atoms with E-state index in [0.717, 1.165) is 16.7 Å². The largest absolute Gasteiger partial charge is 0.483 e. The highest BCUT2D eigenvalue weighted by molar-refractivity contribution is 5.79. The molecule has 1 aliphatic heterocycles. The second-order valence-corrected chi connectivity index (χ2v) is 4.49. The quantitative estimate of drug-likeness (QED) is 0.862. The van der Waals surface area contributed by atoms with Crippen LogP contribution < -0.4 is 10.5 Å². The van der Waals surface area contributed by atoms with Crippen molar-refractivity contribution in [2.45, 2.75) is 12.1 Å². The van der Waals surface area contributed by atoms with Crippen LogP contribution >= 0.6 is 0 Å². The van der Waals surface area contributed by atoms with Gasteiger partial charge in [-0.3, -0.25) is 4.79 Å². The van der Waals surface area contributed by atoms with Crippen molar-refractivity contribution in [1.29, 1.82) is 0 Å². The zero-order valence-electron chi connectivity index (χ0n) is 10.1. The third kappa shape index (κ3) is 1.86. The molecule has 0 amide bonds. The Morgan fingerprint density at radius 3 is 2.47 bits per heavy atom. The van der Waals surface area contributed by atoms with Gasteiger partial charge in [-0.1, -0.05) is 42.5 Å². The molecule has 3 rings (SSSR count). The van der Waals surface area contributed by atoms with E-state index in [9.17, 15) is 4.79 Å². The highest BCUT2D eigenvalue weighted by atomic mass is 16.5. The summed E-state index contributed by atoms with van der Waals surface area (Å²) in [5.41, 5.74) is 8.50. The van der Waals surface area contributed by atoms with Gasteiger partial charge in [-0.15, -0.1) is 0 Å². The smallest absolute Gasteiger partial charge is 0.324 e. The zero-order chi connectivity index (χ0) is 13.4. The average Bonchev–Trinajstić information content (AvgIpc) is 2.45. The van der Waals surface area contributed by atoms with Crippen molar-refractivity contribution in [2.75, 3.05) is 0 Å². The molecule has 1 aliphatic rings. The molecule has 0 saturated heterocycles. The Kier molecular flexibility index (Phi) is 2.72. The van der Waals surface area contributed by atoms with Gasteiger partial charge in [-0.05, 0) is 11.6 Å². The summed E-state index contributed by atoms with van der Waals surface area (Å²) < 4.78 is 5.78. The third-order valence-corrected chi connectivity index (χ3v) is 3.31. The van der Waals surface area contributed by atoms with E-state index in [-0.39, 0.29) is 0 Å². The zero-order valence-corrected chi connectivity index (χ0v) is 10.1. The molecule has 4 heteroatoms. The van der Waals surface area contributed by atoms with Crippen LogP contribution in [0.2, 0.25) is 0 Å². The normalized spacial score (nSPS) is 17.8. The van der Waals surface area contributed by atoms with E-state index < -0.39 is 18.1 Å². The summed E-state index contributed by atoms with van der Waals surface area (Å²) in [6.45, 7) is 0. The van der Waals surface area contributed by atoms with Crippen LogP contribution in [0.4, 0.5) is 0 Å². The molecule has 2 unspecified atom stereocenters. The lowest BCUT2D eigenvalue weighted by molar-refractivity contribution is -0.140. The molecule has 0 aromatic heterocycles. The molecule has 0 spiro atoms. The van der Waals surface area contributed by atoms with Gasteiger partial charge in [0, 0.05) is 11.1 Å². The molecule has 0 radical (unpaired) electrons. The lowest BCUT2D eigenvalue weighted by Gasteiger charge is -2.30. The van der Waals surface area contributed by atoms with E-state index >= 15 is 0 Å². The first kappa shape index (κ1) is 11.7. The predicted octanol–water partition coefficient (Wildman–Crippen LogP) is 2.20. The van der Waals surface area contributed by atoms with Gasteiger partial charge in [0.25, 0.3) is 0 Å². The van der Waals surface area contributed by atoms with Crippen molar-refractivity contribution >= 4 is 5.97 Å². The third-order valence-electron chi connectivity index (χ3n) is 3.31. The van der Waals surface area contributed by atoms with Crippen LogP contribution in [0.3, 0.4) is 0 Å². The molecule has 96 valence electrons. The summed E-state index contributed by atoms with van der Waals surface area (Å²) in [7, 11) is 0. The summed E-state index contributed by atoms with van der Waals surface area (Å²) in [5, 5.41) is 9.10. The van der Waals surface area contributed by atoms with Crippen molar-refractivity contribution in [3.8, 4) is 16.9 Å². The summed E-state index contributed by atoms with van der Waals surface area (Å²) in [4.78, 5) is 11.1. The number of rotatable bonds is 2. The van der Waals surface area contributed by atoms with Gasteiger partial charge in [0.1, 0.15) is 11.8 Å². The fourth-order valence-electron chi connectivity index (χ4n) is 2.38. The molecule has 19 heavy (non-hydrogen) atoms. The van der Waals surface area contributed by atoms with Crippen molar-refractivity contribution in [2.24, 2.45) is 5.73 Å². The minimum atomic E-state index is -1.09. The molecule has 3 N–H and O–H groups in total. The van der Waals surface area contributed by atoms with Crippen LogP contribution in [0, 0.1) is 0 Å². The Morgan fingerprint density at radius 1 is 1.11 bits per heavy atom. The van der Waals surface area contributed by atoms with Gasteiger partial charge in [-0.2, -0.15) is 0 Å². The Morgan fingerprint density at radius 2 is 1.74 bits per heavy atom. The number of carbonyl (C=O) groups is 1. The van der Waals surface area contributed by atoms with E-state index in [1.165, 1.54) is 0 Å². The molecule has 0 saturated carbocycles. The highest BCUT2D eigenvalue weighted by Gasteiger charge is 2.33. The SMILES string of the molecule is NC(C(=O)O)C1Oc2ccccc2-c2ccccc21. The van der Waals surface area contributed by atoms with Crippen LogP contribution in [0.25, 0.3) is 11.1 Å². The standard InChI is InChI=1S/C15H13NO3/c16-13(15(17)18)14-11-7-2-1-5-9(11)10-6-3-4-8-12(10)19-14/h1-8,13-14H,16H2,(H,17,18). The predicted molar refractivity (Wildman–Crippen MR) is 70.9 cm³/mol. The van der Waals surface area contributed by atoms with Crippen LogP contribution in [-0.2, 0) is 4.79 Å². The lowest BCUT2D eigenvalue weighted by Crippen LogP contribution is -2.40. The van der Waals surface area contributed by atoms with Crippen molar-refractivity contribution < 1.29 is 14.6 Å². The Labute approximate surface area is 110 Å². The monoisotopic (exact) mass is 255 g/mol.